The van der Waals surface area contributed by atoms with Crippen molar-refractivity contribution in [2.24, 2.45) is 7.05 Å². The highest BCUT2D eigenvalue weighted by Gasteiger charge is 2.42. The predicted octanol–water partition coefficient (Wildman–Crippen LogP) is 3.05. The van der Waals surface area contributed by atoms with Gasteiger partial charge in [0.05, 0.1) is 5.69 Å². The Balaban J connectivity index is 1.42. The Hall–Kier alpha value is -3.26. The number of fused-ring (bicyclic) bond motifs is 2. The second kappa shape index (κ2) is 8.02. The Bertz CT molecular complexity index is 1190. The van der Waals surface area contributed by atoms with Gasteiger partial charge in [-0.05, 0) is 50.2 Å². The topological polar surface area (TPSA) is 66.3 Å². The summed E-state index contributed by atoms with van der Waals surface area (Å²) in [7, 11) is 3.94. The summed E-state index contributed by atoms with van der Waals surface area (Å²) in [6.07, 6.45) is 2.82. The van der Waals surface area contributed by atoms with Gasteiger partial charge < -0.3 is 10.2 Å². The molecule has 3 unspecified atom stereocenters. The first-order valence-electron chi connectivity index (χ1n) is 10.9. The van der Waals surface area contributed by atoms with E-state index in [2.05, 4.69) is 27.1 Å². The minimum absolute atomic E-state index is 0.0531. The van der Waals surface area contributed by atoms with E-state index in [4.69, 9.17) is 4.98 Å². The van der Waals surface area contributed by atoms with Crippen molar-refractivity contribution in [3.05, 3.63) is 70.4 Å². The number of benzene rings is 1. The number of nitrogens with zero attached hydrogens (tertiary/aromatic N) is 5. The first-order chi connectivity index (χ1) is 15.4. The van der Waals surface area contributed by atoms with Gasteiger partial charge in [0.15, 0.2) is 0 Å². The van der Waals surface area contributed by atoms with E-state index in [0.29, 0.717) is 23.6 Å². The van der Waals surface area contributed by atoms with Crippen molar-refractivity contribution < 1.29 is 4.39 Å². The van der Waals surface area contributed by atoms with E-state index in [1.807, 2.05) is 19.1 Å². The molecule has 1 N–H and O–H groups in total. The molecular formula is C24H27FN6O. The lowest BCUT2D eigenvalue weighted by Crippen LogP contribution is -2.46. The zero-order valence-corrected chi connectivity index (χ0v) is 18.5. The van der Waals surface area contributed by atoms with Crippen LogP contribution in [0.1, 0.15) is 24.9 Å². The lowest BCUT2D eigenvalue weighted by molar-refractivity contribution is 0.290. The van der Waals surface area contributed by atoms with Gasteiger partial charge in [0.2, 0.25) is 5.95 Å². The molecule has 0 spiro atoms. The van der Waals surface area contributed by atoms with Crippen molar-refractivity contribution in [3.8, 4) is 11.3 Å². The molecule has 0 amide bonds. The van der Waals surface area contributed by atoms with Crippen LogP contribution in [0, 0.1) is 5.82 Å². The van der Waals surface area contributed by atoms with Gasteiger partial charge in [0.25, 0.3) is 5.56 Å². The third kappa shape index (κ3) is 3.75. The Morgan fingerprint density at radius 3 is 2.56 bits per heavy atom. The molecule has 0 saturated carbocycles. The summed E-state index contributed by atoms with van der Waals surface area (Å²) in [5, 5.41) is 3.35. The van der Waals surface area contributed by atoms with Crippen molar-refractivity contribution in [2.75, 3.05) is 30.4 Å². The maximum Gasteiger partial charge on any atom is 0.255 e. The number of anilines is 2. The molecule has 2 bridgehead atoms. The zero-order valence-electron chi connectivity index (χ0n) is 18.5. The average Bonchev–Trinajstić information content (AvgIpc) is 3.35. The molecule has 8 heteroatoms. The third-order valence-corrected chi connectivity index (χ3v) is 6.67. The fourth-order valence-corrected chi connectivity index (χ4v) is 4.77. The summed E-state index contributed by atoms with van der Waals surface area (Å²) in [6, 6.07) is 12.6. The Labute approximate surface area is 186 Å². The van der Waals surface area contributed by atoms with Gasteiger partial charge in [0.1, 0.15) is 11.6 Å². The number of aromatic nitrogens is 3. The highest BCUT2D eigenvalue weighted by molar-refractivity contribution is 5.64. The number of pyridine rings is 1. The highest BCUT2D eigenvalue weighted by atomic mass is 19.1. The van der Waals surface area contributed by atoms with Crippen molar-refractivity contribution in [1.82, 2.24) is 19.4 Å². The molecule has 2 fully saturated rings. The molecule has 4 heterocycles. The Kier molecular flexibility index (Phi) is 5.17. The largest absolute Gasteiger partial charge is 0.364 e. The minimum Gasteiger partial charge on any atom is -0.364 e. The summed E-state index contributed by atoms with van der Waals surface area (Å²) in [6.45, 7) is 3.88. The monoisotopic (exact) mass is 434 g/mol. The van der Waals surface area contributed by atoms with Gasteiger partial charge in [-0.25, -0.2) is 14.4 Å². The molecule has 32 heavy (non-hydrogen) atoms. The minimum atomic E-state index is -0.258. The molecule has 2 saturated heterocycles. The number of rotatable bonds is 5. The molecule has 3 atom stereocenters. The number of halogens is 1. The van der Waals surface area contributed by atoms with E-state index in [0.717, 1.165) is 36.6 Å². The summed E-state index contributed by atoms with van der Waals surface area (Å²) in [5.74, 6) is 1.13. The van der Waals surface area contributed by atoms with Gasteiger partial charge in [-0.1, -0.05) is 12.1 Å². The number of nitrogens with one attached hydrogen (secondary N) is 1. The van der Waals surface area contributed by atoms with Crippen LogP contribution in [-0.4, -0.2) is 51.7 Å². The standard InChI is InChI=1S/C24H27FN6O/c1-15(16-4-6-18(25)7-5-16)27-22-10-17(8-9-26-22)21-12-23(32)30(3)24(28-21)31-14-19-11-20(31)13-29(19)2/h4-10,12,15,19-20H,11,13-14H2,1-3H3,(H,26,27). The van der Waals surface area contributed by atoms with Gasteiger partial charge in [-0.15, -0.1) is 0 Å². The van der Waals surface area contributed by atoms with E-state index >= 15 is 0 Å². The van der Waals surface area contributed by atoms with Crippen LogP contribution in [0.5, 0.6) is 0 Å². The van der Waals surface area contributed by atoms with E-state index in [1.54, 1.807) is 36.0 Å². The van der Waals surface area contributed by atoms with E-state index in [-0.39, 0.29) is 17.4 Å². The molecule has 1 aromatic carbocycles. The van der Waals surface area contributed by atoms with Crippen molar-refractivity contribution in [3.63, 3.8) is 0 Å². The van der Waals surface area contributed by atoms with E-state index in [1.165, 1.54) is 12.1 Å². The quantitative estimate of drug-likeness (QED) is 0.666. The second-order valence-corrected chi connectivity index (χ2v) is 8.82. The molecule has 0 aliphatic carbocycles. The van der Waals surface area contributed by atoms with Crippen LogP contribution >= 0.6 is 0 Å². The Morgan fingerprint density at radius 2 is 1.88 bits per heavy atom. The van der Waals surface area contributed by atoms with E-state index in [9.17, 15) is 9.18 Å². The molecule has 0 radical (unpaired) electrons. The second-order valence-electron chi connectivity index (χ2n) is 8.82. The summed E-state index contributed by atoms with van der Waals surface area (Å²) >= 11 is 0. The molecule has 2 aromatic heterocycles. The summed E-state index contributed by atoms with van der Waals surface area (Å²) in [4.78, 5) is 26.7. The number of likely N-dealkylation sites (N-methyl/N-ethyl adjacent to an activating group) is 1. The van der Waals surface area contributed by atoms with Crippen LogP contribution in [-0.2, 0) is 7.05 Å². The van der Waals surface area contributed by atoms with Crippen molar-refractivity contribution in [2.45, 2.75) is 31.5 Å². The van der Waals surface area contributed by atoms with E-state index < -0.39 is 0 Å². The number of hydrogen-bond acceptors (Lipinski definition) is 6. The van der Waals surface area contributed by atoms with Crippen molar-refractivity contribution >= 4 is 11.8 Å². The van der Waals surface area contributed by atoms with Gasteiger partial charge in [0, 0.05) is 56.1 Å². The number of hydrogen-bond donors (Lipinski definition) is 1. The predicted molar refractivity (Wildman–Crippen MR) is 123 cm³/mol. The summed E-state index contributed by atoms with van der Waals surface area (Å²) < 4.78 is 14.9. The number of piperazine rings is 1. The van der Waals surface area contributed by atoms with Crippen LogP contribution in [0.2, 0.25) is 0 Å². The molecule has 7 nitrogen and oxygen atoms in total. The molecule has 3 aromatic rings. The highest BCUT2D eigenvalue weighted by Crippen LogP contribution is 2.33. The van der Waals surface area contributed by atoms with Gasteiger partial charge >= 0.3 is 0 Å². The Morgan fingerprint density at radius 1 is 1.09 bits per heavy atom. The molecule has 166 valence electrons. The SMILES string of the molecule is CC(Nc1cc(-c2cc(=O)n(C)c(N3CC4CC3CN4C)n2)ccn1)c1ccc(F)cc1. The third-order valence-electron chi connectivity index (χ3n) is 6.67. The zero-order chi connectivity index (χ0) is 22.4. The molecule has 2 aliphatic rings. The fraction of sp³-hybridized carbons (Fsp3) is 0.375. The maximum atomic E-state index is 13.2. The lowest BCUT2D eigenvalue weighted by Gasteiger charge is -2.33. The average molecular weight is 435 g/mol. The molecule has 2 aliphatic heterocycles. The van der Waals surface area contributed by atoms with Crippen LogP contribution in [0.15, 0.2) is 53.5 Å². The smallest absolute Gasteiger partial charge is 0.255 e. The summed E-state index contributed by atoms with van der Waals surface area (Å²) in [5.41, 5.74) is 2.35. The van der Waals surface area contributed by atoms with Crippen LogP contribution in [0.4, 0.5) is 16.2 Å². The van der Waals surface area contributed by atoms with Crippen LogP contribution in [0.3, 0.4) is 0 Å². The first-order valence-corrected chi connectivity index (χ1v) is 10.9. The van der Waals surface area contributed by atoms with Crippen LogP contribution < -0.4 is 15.8 Å². The number of likely N-dealkylation sites (tertiary alicyclic amines) is 1. The van der Waals surface area contributed by atoms with Crippen molar-refractivity contribution in [1.29, 1.82) is 0 Å². The first kappa shape index (κ1) is 20.6. The lowest BCUT2D eigenvalue weighted by atomic mass is 10.1. The van der Waals surface area contributed by atoms with Gasteiger partial charge in [-0.3, -0.25) is 14.3 Å². The molecule has 5 rings (SSSR count). The van der Waals surface area contributed by atoms with Crippen LogP contribution in [0.25, 0.3) is 11.3 Å². The fourth-order valence-electron chi connectivity index (χ4n) is 4.77. The maximum absolute atomic E-state index is 13.2. The normalized spacial score (nSPS) is 21.2. The van der Waals surface area contributed by atoms with Gasteiger partial charge in [-0.2, -0.15) is 0 Å². The molecular weight excluding hydrogens is 407 g/mol.